The van der Waals surface area contributed by atoms with E-state index in [2.05, 4.69) is 25.3 Å². The minimum absolute atomic E-state index is 0.0556. The highest BCUT2D eigenvalue weighted by Gasteiger charge is 2.45. The standard InChI is InChI=1S/C17H20N6O2/c1-12-10-25-5-4-23(12)15(24)13-6-20-16(21-7-13)22-17(2-3-17)14-8-18-11-19-9-14/h6-9,11-12H,2-5,10H2,1H3,(H,20,21,22)/t12-/m1/s1. The van der Waals surface area contributed by atoms with E-state index in [9.17, 15) is 4.79 Å². The highest BCUT2D eigenvalue weighted by atomic mass is 16.5. The van der Waals surface area contributed by atoms with E-state index >= 15 is 0 Å². The number of anilines is 1. The Hall–Kier alpha value is -2.61. The van der Waals surface area contributed by atoms with Crippen molar-refractivity contribution in [2.45, 2.75) is 31.3 Å². The van der Waals surface area contributed by atoms with E-state index in [-0.39, 0.29) is 17.5 Å². The van der Waals surface area contributed by atoms with Crippen LogP contribution in [0.25, 0.3) is 0 Å². The Balaban J connectivity index is 1.46. The van der Waals surface area contributed by atoms with Crippen molar-refractivity contribution in [2.24, 2.45) is 0 Å². The highest BCUT2D eigenvalue weighted by molar-refractivity contribution is 5.94. The number of ether oxygens (including phenoxy) is 1. The van der Waals surface area contributed by atoms with Crippen LogP contribution < -0.4 is 5.32 Å². The second kappa shape index (κ2) is 6.36. The van der Waals surface area contributed by atoms with E-state index in [0.717, 1.165) is 18.4 Å². The van der Waals surface area contributed by atoms with Crippen LogP contribution in [0.5, 0.6) is 0 Å². The summed E-state index contributed by atoms with van der Waals surface area (Å²) in [5.41, 5.74) is 1.33. The van der Waals surface area contributed by atoms with Crippen molar-refractivity contribution in [3.63, 3.8) is 0 Å². The minimum atomic E-state index is -0.189. The molecule has 0 radical (unpaired) electrons. The quantitative estimate of drug-likeness (QED) is 0.894. The average Bonchev–Trinajstić information content (AvgIpc) is 3.44. The molecule has 0 aromatic carbocycles. The molecule has 1 atom stereocenters. The molecule has 130 valence electrons. The second-order valence-corrected chi connectivity index (χ2v) is 6.55. The Kier molecular flexibility index (Phi) is 4.04. The molecule has 4 rings (SSSR count). The van der Waals surface area contributed by atoms with Gasteiger partial charge in [-0.1, -0.05) is 0 Å². The zero-order valence-electron chi connectivity index (χ0n) is 14.1. The largest absolute Gasteiger partial charge is 0.377 e. The molecule has 3 heterocycles. The first-order chi connectivity index (χ1) is 12.2. The maximum Gasteiger partial charge on any atom is 0.257 e. The SMILES string of the molecule is C[C@@H]1COCCN1C(=O)c1cnc(NC2(c3cncnc3)CC2)nc1. The zero-order chi connectivity index (χ0) is 17.3. The molecule has 1 saturated heterocycles. The number of aromatic nitrogens is 4. The van der Waals surface area contributed by atoms with Gasteiger partial charge in [0, 0.05) is 36.9 Å². The van der Waals surface area contributed by atoms with Crippen LogP contribution in [0.2, 0.25) is 0 Å². The predicted octanol–water partition coefficient (Wildman–Crippen LogP) is 1.23. The first kappa shape index (κ1) is 15.9. The molecule has 2 aromatic rings. The van der Waals surface area contributed by atoms with E-state index in [1.54, 1.807) is 17.3 Å². The molecule has 25 heavy (non-hydrogen) atoms. The van der Waals surface area contributed by atoms with Gasteiger partial charge in [0.25, 0.3) is 5.91 Å². The normalized spacial score (nSPS) is 21.6. The van der Waals surface area contributed by atoms with Crippen LogP contribution in [0.4, 0.5) is 5.95 Å². The summed E-state index contributed by atoms with van der Waals surface area (Å²) in [5.74, 6) is 0.452. The number of carbonyl (C=O) groups is 1. The fourth-order valence-corrected chi connectivity index (χ4v) is 3.07. The maximum absolute atomic E-state index is 12.6. The van der Waals surface area contributed by atoms with Crippen molar-refractivity contribution < 1.29 is 9.53 Å². The first-order valence-electron chi connectivity index (χ1n) is 8.42. The van der Waals surface area contributed by atoms with Gasteiger partial charge < -0.3 is 15.0 Å². The van der Waals surface area contributed by atoms with Crippen molar-refractivity contribution in [1.82, 2.24) is 24.8 Å². The van der Waals surface area contributed by atoms with Crippen molar-refractivity contribution in [3.8, 4) is 0 Å². The smallest absolute Gasteiger partial charge is 0.257 e. The number of amides is 1. The molecule has 1 aliphatic heterocycles. The fourth-order valence-electron chi connectivity index (χ4n) is 3.07. The number of hydrogen-bond acceptors (Lipinski definition) is 7. The van der Waals surface area contributed by atoms with Crippen LogP contribution in [0.15, 0.2) is 31.1 Å². The van der Waals surface area contributed by atoms with E-state index in [1.807, 2.05) is 19.3 Å². The van der Waals surface area contributed by atoms with E-state index < -0.39 is 0 Å². The summed E-state index contributed by atoms with van der Waals surface area (Å²) in [6.07, 6.45) is 10.3. The molecular formula is C17H20N6O2. The van der Waals surface area contributed by atoms with Crippen LogP contribution in [-0.4, -0.2) is 56.5 Å². The Bertz CT molecular complexity index is 747. The van der Waals surface area contributed by atoms with Gasteiger partial charge in [0.2, 0.25) is 5.95 Å². The summed E-state index contributed by atoms with van der Waals surface area (Å²) in [6, 6.07) is 0.0619. The molecule has 0 unspecified atom stereocenters. The Morgan fingerprint density at radius 1 is 1.24 bits per heavy atom. The van der Waals surface area contributed by atoms with Gasteiger partial charge in [-0.2, -0.15) is 0 Å². The maximum atomic E-state index is 12.6. The van der Waals surface area contributed by atoms with Crippen LogP contribution in [0.1, 0.15) is 35.7 Å². The lowest BCUT2D eigenvalue weighted by atomic mass is 10.1. The van der Waals surface area contributed by atoms with Crippen molar-refractivity contribution in [2.75, 3.05) is 25.1 Å². The van der Waals surface area contributed by atoms with Gasteiger partial charge in [-0.3, -0.25) is 4.79 Å². The van der Waals surface area contributed by atoms with Crippen LogP contribution >= 0.6 is 0 Å². The Morgan fingerprint density at radius 3 is 2.60 bits per heavy atom. The summed E-state index contributed by atoms with van der Waals surface area (Å²) >= 11 is 0. The third kappa shape index (κ3) is 3.17. The van der Waals surface area contributed by atoms with Gasteiger partial charge in [0.05, 0.1) is 30.4 Å². The minimum Gasteiger partial charge on any atom is -0.377 e. The molecule has 8 heteroatoms. The van der Waals surface area contributed by atoms with Crippen LogP contribution in [0.3, 0.4) is 0 Å². The summed E-state index contributed by atoms with van der Waals surface area (Å²) in [6.45, 7) is 3.70. The lowest BCUT2D eigenvalue weighted by Crippen LogP contribution is -2.47. The third-order valence-electron chi connectivity index (χ3n) is 4.74. The molecule has 2 aliphatic rings. The number of carbonyl (C=O) groups excluding carboxylic acids is 1. The predicted molar refractivity (Wildman–Crippen MR) is 89.9 cm³/mol. The van der Waals surface area contributed by atoms with Crippen molar-refractivity contribution >= 4 is 11.9 Å². The molecule has 0 bridgehead atoms. The van der Waals surface area contributed by atoms with Crippen molar-refractivity contribution in [3.05, 3.63) is 42.2 Å². The van der Waals surface area contributed by atoms with Gasteiger partial charge in [-0.25, -0.2) is 19.9 Å². The molecule has 1 saturated carbocycles. The summed E-state index contributed by atoms with van der Waals surface area (Å²) < 4.78 is 5.38. The van der Waals surface area contributed by atoms with Gasteiger partial charge >= 0.3 is 0 Å². The molecule has 2 aromatic heterocycles. The summed E-state index contributed by atoms with van der Waals surface area (Å²) in [4.78, 5) is 31.2. The third-order valence-corrected chi connectivity index (χ3v) is 4.74. The molecule has 8 nitrogen and oxygen atoms in total. The average molecular weight is 340 g/mol. The lowest BCUT2D eigenvalue weighted by Gasteiger charge is -2.33. The Labute approximate surface area is 145 Å². The molecule has 1 N–H and O–H groups in total. The van der Waals surface area contributed by atoms with Crippen LogP contribution in [-0.2, 0) is 10.3 Å². The van der Waals surface area contributed by atoms with Gasteiger partial charge in [-0.15, -0.1) is 0 Å². The van der Waals surface area contributed by atoms with Gasteiger partial charge in [-0.05, 0) is 19.8 Å². The van der Waals surface area contributed by atoms with Gasteiger partial charge in [0.1, 0.15) is 6.33 Å². The first-order valence-corrected chi connectivity index (χ1v) is 8.42. The number of nitrogens with zero attached hydrogens (tertiary/aromatic N) is 5. The number of hydrogen-bond donors (Lipinski definition) is 1. The number of nitrogens with one attached hydrogen (secondary N) is 1. The zero-order valence-corrected chi connectivity index (χ0v) is 14.1. The lowest BCUT2D eigenvalue weighted by molar-refractivity contribution is 0.00355. The number of morpholine rings is 1. The monoisotopic (exact) mass is 340 g/mol. The summed E-state index contributed by atoms with van der Waals surface area (Å²) in [7, 11) is 0. The topological polar surface area (TPSA) is 93.1 Å². The Morgan fingerprint density at radius 2 is 1.96 bits per heavy atom. The van der Waals surface area contributed by atoms with Gasteiger partial charge in [0.15, 0.2) is 0 Å². The molecule has 2 fully saturated rings. The molecule has 0 spiro atoms. The highest BCUT2D eigenvalue weighted by Crippen LogP contribution is 2.47. The van der Waals surface area contributed by atoms with E-state index in [0.29, 0.717) is 31.3 Å². The van der Waals surface area contributed by atoms with E-state index in [4.69, 9.17) is 4.74 Å². The second-order valence-electron chi connectivity index (χ2n) is 6.55. The van der Waals surface area contributed by atoms with E-state index in [1.165, 1.54) is 6.33 Å². The van der Waals surface area contributed by atoms with Crippen LogP contribution in [0, 0.1) is 0 Å². The number of rotatable bonds is 4. The van der Waals surface area contributed by atoms with Crippen molar-refractivity contribution in [1.29, 1.82) is 0 Å². The summed E-state index contributed by atoms with van der Waals surface area (Å²) in [5, 5.41) is 3.35. The molecule has 1 amide bonds. The molecular weight excluding hydrogens is 320 g/mol. The molecule has 1 aliphatic carbocycles. The fraction of sp³-hybridized carbons (Fsp3) is 0.471.